The molecule has 1 aromatic carbocycles. The Labute approximate surface area is 155 Å². The van der Waals surface area contributed by atoms with Gasteiger partial charge in [0.2, 0.25) is 0 Å². The molecule has 23 heavy (non-hydrogen) atoms. The number of nitrogens with zero attached hydrogens (tertiary/aromatic N) is 4. The second-order valence-electron chi connectivity index (χ2n) is 4.56. The Morgan fingerprint density at radius 2 is 2.22 bits per heavy atom. The molecule has 0 saturated heterocycles. The van der Waals surface area contributed by atoms with E-state index < -0.39 is 0 Å². The highest BCUT2D eigenvalue weighted by molar-refractivity contribution is 14.1. The number of imidazole rings is 1. The Balaban J connectivity index is 2.09. The largest absolute Gasteiger partial charge is 0.497 e. The van der Waals surface area contributed by atoms with Gasteiger partial charge in [0.15, 0.2) is 22.1 Å². The number of anilines is 1. The molecule has 0 spiro atoms. The van der Waals surface area contributed by atoms with Gasteiger partial charge in [-0.2, -0.15) is 0 Å². The second-order valence-corrected chi connectivity index (χ2v) is 7.11. The molecule has 0 aliphatic heterocycles. The van der Waals surface area contributed by atoms with Gasteiger partial charge in [0.1, 0.15) is 12.1 Å². The van der Waals surface area contributed by atoms with E-state index in [1.54, 1.807) is 7.11 Å². The predicted octanol–water partition coefficient (Wildman–Crippen LogP) is 3.41. The van der Waals surface area contributed by atoms with Crippen molar-refractivity contribution < 1.29 is 4.74 Å². The smallest absolute Gasteiger partial charge is 0.175 e. The van der Waals surface area contributed by atoms with Gasteiger partial charge in [0.25, 0.3) is 0 Å². The van der Waals surface area contributed by atoms with Crippen LogP contribution in [0, 0.1) is 3.57 Å². The van der Waals surface area contributed by atoms with E-state index in [0.29, 0.717) is 29.4 Å². The van der Waals surface area contributed by atoms with Gasteiger partial charge in [-0.3, -0.25) is 0 Å². The number of rotatable bonds is 5. The number of fused-ring (bicyclic) bond motifs is 1. The highest BCUT2D eigenvalue weighted by Crippen LogP contribution is 2.35. The molecule has 0 bridgehead atoms. The van der Waals surface area contributed by atoms with Crippen LogP contribution >= 0.6 is 46.0 Å². The van der Waals surface area contributed by atoms with E-state index in [4.69, 9.17) is 22.1 Å². The average Bonchev–Trinajstić information content (AvgIpc) is 2.89. The molecule has 6 nitrogen and oxygen atoms in total. The van der Waals surface area contributed by atoms with E-state index in [1.807, 2.05) is 22.8 Å². The fourth-order valence-corrected chi connectivity index (χ4v) is 3.88. The van der Waals surface area contributed by atoms with Gasteiger partial charge in [0, 0.05) is 20.9 Å². The quantitative estimate of drug-likeness (QED) is 0.463. The first-order chi connectivity index (χ1) is 11.1. The zero-order valence-electron chi connectivity index (χ0n) is 12.2. The first kappa shape index (κ1) is 16.6. The molecule has 120 valence electrons. The van der Waals surface area contributed by atoms with Crippen LogP contribution in [0.3, 0.4) is 0 Å². The summed E-state index contributed by atoms with van der Waals surface area (Å²) < 4.78 is 8.36. The van der Waals surface area contributed by atoms with Gasteiger partial charge in [-0.15, -0.1) is 11.6 Å². The van der Waals surface area contributed by atoms with Crippen LogP contribution in [-0.4, -0.2) is 32.5 Å². The summed E-state index contributed by atoms with van der Waals surface area (Å²) in [5, 5.41) is 0.777. The SMILES string of the molecule is COc1ccc(I)c(Sc2nc3c(N)ncnc3n2CCCl)c1. The summed E-state index contributed by atoms with van der Waals surface area (Å²) in [7, 11) is 1.65. The molecule has 2 N–H and O–H groups in total. The van der Waals surface area contributed by atoms with Crippen LogP contribution in [0.5, 0.6) is 5.75 Å². The Morgan fingerprint density at radius 1 is 1.39 bits per heavy atom. The third kappa shape index (κ3) is 3.33. The van der Waals surface area contributed by atoms with Crippen LogP contribution in [0.25, 0.3) is 11.2 Å². The van der Waals surface area contributed by atoms with E-state index in [0.717, 1.165) is 19.4 Å². The molecule has 3 aromatic rings. The minimum Gasteiger partial charge on any atom is -0.497 e. The van der Waals surface area contributed by atoms with Crippen molar-refractivity contribution in [1.29, 1.82) is 0 Å². The summed E-state index contributed by atoms with van der Waals surface area (Å²) in [6.07, 6.45) is 1.44. The molecule has 2 aromatic heterocycles. The van der Waals surface area contributed by atoms with Crippen molar-refractivity contribution in [2.75, 3.05) is 18.7 Å². The topological polar surface area (TPSA) is 78.8 Å². The van der Waals surface area contributed by atoms with Crippen molar-refractivity contribution in [3.05, 3.63) is 28.1 Å². The Bertz CT molecular complexity index is 857. The number of aromatic nitrogens is 4. The van der Waals surface area contributed by atoms with Gasteiger partial charge in [-0.25, -0.2) is 15.0 Å². The number of methoxy groups -OCH3 is 1. The summed E-state index contributed by atoms with van der Waals surface area (Å²) in [4.78, 5) is 13.9. The second kappa shape index (κ2) is 7.10. The first-order valence-electron chi connectivity index (χ1n) is 6.68. The maximum Gasteiger partial charge on any atom is 0.175 e. The summed E-state index contributed by atoms with van der Waals surface area (Å²) in [6, 6.07) is 5.91. The molecule has 0 aliphatic carbocycles. The lowest BCUT2D eigenvalue weighted by Gasteiger charge is -2.08. The van der Waals surface area contributed by atoms with E-state index in [9.17, 15) is 0 Å². The van der Waals surface area contributed by atoms with E-state index in [-0.39, 0.29) is 0 Å². The minimum absolute atomic E-state index is 0.366. The predicted molar refractivity (Wildman–Crippen MR) is 100 cm³/mol. The van der Waals surface area contributed by atoms with Crippen LogP contribution in [0.1, 0.15) is 0 Å². The number of benzene rings is 1. The molecule has 3 rings (SSSR count). The van der Waals surface area contributed by atoms with Gasteiger partial charge < -0.3 is 15.0 Å². The molecule has 0 saturated carbocycles. The first-order valence-corrected chi connectivity index (χ1v) is 9.11. The van der Waals surface area contributed by atoms with Gasteiger partial charge in [0.05, 0.1) is 7.11 Å². The van der Waals surface area contributed by atoms with Gasteiger partial charge in [-0.1, -0.05) is 11.8 Å². The van der Waals surface area contributed by atoms with Crippen molar-refractivity contribution in [1.82, 2.24) is 19.5 Å². The Hall–Kier alpha value is -1.26. The maximum atomic E-state index is 5.93. The maximum absolute atomic E-state index is 5.93. The lowest BCUT2D eigenvalue weighted by Crippen LogP contribution is -2.02. The van der Waals surface area contributed by atoms with Crippen molar-refractivity contribution in [3.63, 3.8) is 0 Å². The Kier molecular flexibility index (Phi) is 5.12. The number of hydrogen-bond acceptors (Lipinski definition) is 6. The van der Waals surface area contributed by atoms with Crippen molar-refractivity contribution in [2.45, 2.75) is 16.6 Å². The summed E-state index contributed by atoms with van der Waals surface area (Å²) in [6.45, 7) is 0.595. The van der Waals surface area contributed by atoms with Crippen LogP contribution in [0.15, 0.2) is 34.6 Å². The lowest BCUT2D eigenvalue weighted by molar-refractivity contribution is 0.413. The molecule has 0 aliphatic rings. The number of hydrogen-bond donors (Lipinski definition) is 1. The molecule has 0 atom stereocenters. The number of nitrogens with two attached hydrogens (primary N) is 1. The summed E-state index contributed by atoms with van der Waals surface area (Å²) in [5.74, 6) is 1.62. The number of halogens is 2. The molecular formula is C14H13ClIN5OS. The molecular weight excluding hydrogens is 449 g/mol. The zero-order chi connectivity index (χ0) is 16.4. The van der Waals surface area contributed by atoms with E-state index >= 15 is 0 Å². The van der Waals surface area contributed by atoms with E-state index in [2.05, 4.69) is 37.5 Å². The average molecular weight is 462 g/mol. The highest BCUT2D eigenvalue weighted by atomic mass is 127. The van der Waals surface area contributed by atoms with Gasteiger partial charge >= 0.3 is 0 Å². The van der Waals surface area contributed by atoms with Crippen LogP contribution in [0.2, 0.25) is 0 Å². The highest BCUT2D eigenvalue weighted by Gasteiger charge is 2.16. The lowest BCUT2D eigenvalue weighted by atomic mass is 10.3. The van der Waals surface area contributed by atoms with Crippen molar-refractivity contribution in [2.24, 2.45) is 0 Å². The van der Waals surface area contributed by atoms with E-state index in [1.165, 1.54) is 18.1 Å². The minimum atomic E-state index is 0.366. The molecule has 0 amide bonds. The number of alkyl halides is 1. The summed E-state index contributed by atoms with van der Waals surface area (Å²) >= 11 is 9.75. The molecule has 0 unspecified atom stereocenters. The Morgan fingerprint density at radius 3 is 2.96 bits per heavy atom. The summed E-state index contributed by atoms with van der Waals surface area (Å²) in [5.41, 5.74) is 7.20. The third-order valence-corrected chi connectivity index (χ3v) is 5.70. The fraction of sp³-hybridized carbons (Fsp3) is 0.214. The standard InChI is InChI=1S/C14H13ClIN5OS/c1-22-8-2-3-9(16)10(6-8)23-14-20-11-12(17)18-7-19-13(11)21(14)5-4-15/h2-3,6-7H,4-5H2,1H3,(H2,17,18,19). The zero-order valence-corrected chi connectivity index (χ0v) is 15.9. The number of aryl methyl sites for hydroxylation is 1. The monoisotopic (exact) mass is 461 g/mol. The van der Waals surface area contributed by atoms with Crippen LogP contribution < -0.4 is 10.5 Å². The molecule has 0 fully saturated rings. The molecule has 9 heteroatoms. The normalized spacial score (nSPS) is 11.1. The molecule has 2 heterocycles. The number of ether oxygens (including phenoxy) is 1. The van der Waals surface area contributed by atoms with Crippen LogP contribution in [0.4, 0.5) is 5.82 Å². The fourth-order valence-electron chi connectivity index (χ4n) is 2.09. The number of nitrogen functional groups attached to an aromatic ring is 1. The van der Waals surface area contributed by atoms with Crippen molar-refractivity contribution >= 4 is 62.9 Å². The molecule has 0 radical (unpaired) electrons. The van der Waals surface area contributed by atoms with Gasteiger partial charge in [-0.05, 0) is 40.8 Å². The van der Waals surface area contributed by atoms with Crippen LogP contribution in [-0.2, 0) is 6.54 Å². The third-order valence-electron chi connectivity index (χ3n) is 3.17. The van der Waals surface area contributed by atoms with Crippen molar-refractivity contribution in [3.8, 4) is 5.75 Å².